The molecule has 0 saturated carbocycles. The number of H-pyrrole nitrogens is 1. The van der Waals surface area contributed by atoms with Gasteiger partial charge in [-0.05, 0) is 64.0 Å². The van der Waals surface area contributed by atoms with E-state index in [1.807, 2.05) is 13.8 Å². The molecule has 0 atom stereocenters. The van der Waals surface area contributed by atoms with E-state index in [1.54, 1.807) is 6.07 Å². The number of nitrogens with one attached hydrogen (secondary N) is 1. The van der Waals surface area contributed by atoms with E-state index in [-0.39, 0.29) is 37.7 Å². The molecule has 0 radical (unpaired) electrons. The van der Waals surface area contributed by atoms with Crippen molar-refractivity contribution >= 4 is 55.9 Å². The average Bonchev–Trinajstić information content (AvgIpc) is 3.19. The molecule has 6 nitrogen and oxygen atoms in total. The van der Waals surface area contributed by atoms with E-state index < -0.39 is 10.0 Å². The van der Waals surface area contributed by atoms with Crippen LogP contribution in [0.15, 0.2) is 35.2 Å². The van der Waals surface area contributed by atoms with Crippen molar-refractivity contribution in [1.82, 2.24) is 19.2 Å². The van der Waals surface area contributed by atoms with Gasteiger partial charge in [0.05, 0.1) is 26.1 Å². The van der Waals surface area contributed by atoms with E-state index in [9.17, 15) is 12.8 Å². The maximum Gasteiger partial charge on any atom is 0.244 e. The quantitative estimate of drug-likeness (QED) is 0.372. The van der Waals surface area contributed by atoms with Crippen molar-refractivity contribution in [3.63, 3.8) is 0 Å². The monoisotopic (exact) mass is 546 g/mol. The number of hydrogen-bond acceptors (Lipinski definition) is 4. The molecule has 0 spiro atoms. The van der Waals surface area contributed by atoms with Crippen LogP contribution in [0.3, 0.4) is 0 Å². The van der Waals surface area contributed by atoms with E-state index >= 15 is 0 Å². The summed E-state index contributed by atoms with van der Waals surface area (Å²) in [5.41, 5.74) is 1.47. The minimum absolute atomic E-state index is 0.0442. The highest BCUT2D eigenvalue weighted by Gasteiger charge is 2.31. The fourth-order valence-corrected chi connectivity index (χ4v) is 6.95. The van der Waals surface area contributed by atoms with Gasteiger partial charge in [-0.15, -0.1) is 0 Å². The van der Waals surface area contributed by atoms with Gasteiger partial charge >= 0.3 is 0 Å². The molecule has 2 aromatic carbocycles. The molecule has 1 aliphatic rings. The third-order valence-electron chi connectivity index (χ3n) is 6.21. The minimum atomic E-state index is -3.86. The lowest BCUT2D eigenvalue weighted by molar-refractivity contribution is 0.190. The second-order valence-electron chi connectivity index (χ2n) is 8.81. The van der Waals surface area contributed by atoms with Gasteiger partial charge in [0.25, 0.3) is 0 Å². The van der Waals surface area contributed by atoms with Crippen molar-refractivity contribution in [1.29, 1.82) is 0 Å². The van der Waals surface area contributed by atoms with Crippen molar-refractivity contribution in [2.75, 3.05) is 26.2 Å². The topological polar surface area (TPSA) is 69.3 Å². The van der Waals surface area contributed by atoms with Gasteiger partial charge in [0.2, 0.25) is 10.0 Å². The fraction of sp³-hybridized carbons (Fsp3) is 0.435. The van der Waals surface area contributed by atoms with Gasteiger partial charge in [0, 0.05) is 31.1 Å². The highest BCUT2D eigenvalue weighted by Crippen LogP contribution is 2.34. The van der Waals surface area contributed by atoms with Crippen molar-refractivity contribution in [3.8, 4) is 0 Å². The van der Waals surface area contributed by atoms with Crippen LogP contribution in [-0.4, -0.2) is 59.8 Å². The zero-order chi connectivity index (χ0) is 24.6. The maximum absolute atomic E-state index is 13.5. The van der Waals surface area contributed by atoms with Gasteiger partial charge < -0.3 is 9.88 Å². The molecular formula is C23H26Cl3FN4O2S. The first-order valence-corrected chi connectivity index (χ1v) is 13.7. The molecule has 1 saturated heterocycles. The minimum Gasteiger partial charge on any atom is -0.342 e. The smallest absolute Gasteiger partial charge is 0.244 e. The third-order valence-corrected chi connectivity index (χ3v) is 9.47. The van der Waals surface area contributed by atoms with Gasteiger partial charge in [-0.25, -0.2) is 17.8 Å². The molecule has 184 valence electrons. The van der Waals surface area contributed by atoms with Gasteiger partial charge in [-0.2, -0.15) is 4.31 Å². The Hall–Kier alpha value is -1.42. The summed E-state index contributed by atoms with van der Waals surface area (Å²) in [5, 5.41) is 0.398. The highest BCUT2D eigenvalue weighted by atomic mass is 35.5. The molecule has 1 aliphatic heterocycles. The standard InChI is InChI=1S/C23H26Cl3FN4O2S/c1-14(2)31(34(32,33)22-13-18(25)17(24)12-19(22)26)10-9-30-7-5-15(6-8-30)23-28-20-4-3-16(27)11-21(20)29-23/h3-4,11-15H,5-10H2,1-2H3,(H,28,29). The first-order chi connectivity index (χ1) is 16.1. The Morgan fingerprint density at radius 3 is 2.47 bits per heavy atom. The molecule has 0 amide bonds. The molecule has 4 rings (SSSR count). The number of likely N-dealkylation sites (tertiary alicyclic amines) is 1. The predicted octanol–water partition coefficient (Wildman–Crippen LogP) is 5.94. The predicted molar refractivity (Wildman–Crippen MR) is 135 cm³/mol. The van der Waals surface area contributed by atoms with Crippen LogP contribution in [0.25, 0.3) is 11.0 Å². The number of hydrogen-bond donors (Lipinski definition) is 1. The number of rotatable bonds is 7. The first kappa shape index (κ1) is 25.7. The second kappa shape index (κ2) is 10.3. The lowest BCUT2D eigenvalue weighted by Gasteiger charge is -2.34. The Kier molecular flexibility index (Phi) is 7.77. The zero-order valence-electron chi connectivity index (χ0n) is 18.9. The van der Waals surface area contributed by atoms with Gasteiger partial charge in [0.1, 0.15) is 16.5 Å². The van der Waals surface area contributed by atoms with Gasteiger partial charge in [-0.1, -0.05) is 34.8 Å². The molecule has 1 fully saturated rings. The Balaban J connectivity index is 1.40. The van der Waals surface area contributed by atoms with Crippen LogP contribution in [-0.2, 0) is 10.0 Å². The number of benzene rings is 2. The fourth-order valence-electron chi connectivity index (χ4n) is 4.35. The lowest BCUT2D eigenvalue weighted by atomic mass is 9.96. The largest absolute Gasteiger partial charge is 0.342 e. The number of aromatic nitrogens is 2. The molecule has 2 heterocycles. The van der Waals surface area contributed by atoms with Crippen LogP contribution in [0.5, 0.6) is 0 Å². The molecule has 0 unspecified atom stereocenters. The number of aromatic amines is 1. The van der Waals surface area contributed by atoms with E-state index in [0.717, 1.165) is 37.3 Å². The summed E-state index contributed by atoms with van der Waals surface area (Å²) in [7, 11) is -3.86. The average molecular weight is 548 g/mol. The molecular weight excluding hydrogens is 522 g/mol. The van der Waals surface area contributed by atoms with Crippen LogP contribution < -0.4 is 0 Å². The van der Waals surface area contributed by atoms with Crippen molar-refractivity contribution in [3.05, 3.63) is 57.0 Å². The molecule has 0 bridgehead atoms. The SMILES string of the molecule is CC(C)N(CCN1CCC(c2nc3cc(F)ccc3[nH]2)CC1)S(=O)(=O)c1cc(Cl)c(Cl)cc1Cl. The van der Waals surface area contributed by atoms with Gasteiger partial charge in [0.15, 0.2) is 0 Å². The third kappa shape index (κ3) is 5.37. The van der Waals surface area contributed by atoms with Crippen LogP contribution in [0.2, 0.25) is 15.1 Å². The Morgan fingerprint density at radius 1 is 1.12 bits per heavy atom. The second-order valence-corrected chi connectivity index (χ2v) is 11.9. The Bertz CT molecular complexity index is 1290. The van der Waals surface area contributed by atoms with Crippen LogP contribution in [0.4, 0.5) is 4.39 Å². The van der Waals surface area contributed by atoms with E-state index in [2.05, 4.69) is 14.9 Å². The molecule has 1 aromatic heterocycles. The summed E-state index contributed by atoms with van der Waals surface area (Å²) < 4.78 is 41.6. The lowest BCUT2D eigenvalue weighted by Crippen LogP contribution is -2.44. The summed E-state index contributed by atoms with van der Waals surface area (Å²) in [6.45, 7) is 6.21. The molecule has 0 aliphatic carbocycles. The summed E-state index contributed by atoms with van der Waals surface area (Å²) in [6.07, 6.45) is 1.77. The Labute approximate surface area is 214 Å². The van der Waals surface area contributed by atoms with Gasteiger partial charge in [-0.3, -0.25) is 0 Å². The van der Waals surface area contributed by atoms with E-state index in [1.165, 1.54) is 28.6 Å². The molecule has 11 heteroatoms. The first-order valence-electron chi connectivity index (χ1n) is 11.1. The Morgan fingerprint density at radius 2 is 1.79 bits per heavy atom. The van der Waals surface area contributed by atoms with E-state index in [0.29, 0.717) is 18.6 Å². The molecule has 34 heavy (non-hydrogen) atoms. The van der Waals surface area contributed by atoms with Crippen LogP contribution in [0, 0.1) is 5.82 Å². The number of imidazole rings is 1. The summed E-state index contributed by atoms with van der Waals surface area (Å²) in [6, 6.07) is 6.97. The normalized spacial score (nSPS) is 16.2. The number of halogens is 4. The number of nitrogens with zero attached hydrogens (tertiary/aromatic N) is 3. The number of sulfonamides is 1. The maximum atomic E-state index is 13.5. The highest BCUT2D eigenvalue weighted by molar-refractivity contribution is 7.89. The summed E-state index contributed by atoms with van der Waals surface area (Å²) >= 11 is 18.2. The number of piperidine rings is 1. The van der Waals surface area contributed by atoms with Crippen LogP contribution in [0.1, 0.15) is 38.4 Å². The van der Waals surface area contributed by atoms with Crippen LogP contribution >= 0.6 is 34.8 Å². The number of fused-ring (bicyclic) bond motifs is 1. The summed E-state index contributed by atoms with van der Waals surface area (Å²) in [4.78, 5) is 10.1. The molecule has 1 N–H and O–H groups in total. The van der Waals surface area contributed by atoms with E-state index in [4.69, 9.17) is 34.8 Å². The molecule has 3 aromatic rings. The zero-order valence-corrected chi connectivity index (χ0v) is 21.9. The van der Waals surface area contributed by atoms with Crippen molar-refractivity contribution < 1.29 is 12.8 Å². The van der Waals surface area contributed by atoms with Crippen molar-refractivity contribution in [2.45, 2.75) is 43.5 Å². The van der Waals surface area contributed by atoms with Crippen molar-refractivity contribution in [2.24, 2.45) is 0 Å². The summed E-state index contributed by atoms with van der Waals surface area (Å²) in [5.74, 6) is 0.833.